The van der Waals surface area contributed by atoms with Gasteiger partial charge in [-0.05, 0) is 49.9 Å². The van der Waals surface area contributed by atoms with Crippen molar-refractivity contribution in [2.45, 2.75) is 70.9 Å². The molecular formula is C17H28N2O3. The first-order chi connectivity index (χ1) is 10.4. The lowest BCUT2D eigenvalue weighted by Crippen LogP contribution is -2.48. The summed E-state index contributed by atoms with van der Waals surface area (Å²) in [5.41, 5.74) is 0.222. The molecule has 2 saturated carbocycles. The second kappa shape index (κ2) is 5.74. The molecule has 1 saturated heterocycles. The minimum atomic E-state index is -0.695. The zero-order chi connectivity index (χ0) is 15.9. The molecular weight excluding hydrogens is 280 g/mol. The number of urea groups is 1. The van der Waals surface area contributed by atoms with E-state index in [0.717, 1.165) is 25.8 Å². The average molecular weight is 308 g/mol. The summed E-state index contributed by atoms with van der Waals surface area (Å²) in [6, 6.07) is 0.623. The van der Waals surface area contributed by atoms with Crippen molar-refractivity contribution in [1.82, 2.24) is 10.2 Å². The van der Waals surface area contributed by atoms with E-state index >= 15 is 0 Å². The normalized spacial score (nSPS) is 36.9. The lowest BCUT2D eigenvalue weighted by atomic mass is 9.80. The van der Waals surface area contributed by atoms with Gasteiger partial charge in [0, 0.05) is 18.6 Å². The number of carboxylic acid groups (broad SMARTS) is 1. The van der Waals surface area contributed by atoms with Gasteiger partial charge in [-0.1, -0.05) is 20.3 Å². The lowest BCUT2D eigenvalue weighted by molar-refractivity contribution is -0.142. The van der Waals surface area contributed by atoms with Crippen LogP contribution in [0.3, 0.4) is 0 Å². The fourth-order valence-electron chi connectivity index (χ4n) is 4.86. The van der Waals surface area contributed by atoms with Gasteiger partial charge in [-0.25, -0.2) is 4.79 Å². The maximum Gasteiger partial charge on any atom is 0.317 e. The number of fused-ring (bicyclic) bond motifs is 1. The maximum absolute atomic E-state index is 12.7. The molecule has 0 aromatic heterocycles. The van der Waals surface area contributed by atoms with E-state index in [1.165, 1.54) is 12.8 Å². The first kappa shape index (κ1) is 15.6. The van der Waals surface area contributed by atoms with Crippen LogP contribution in [0.5, 0.6) is 0 Å². The Bertz CT molecular complexity index is 455. The van der Waals surface area contributed by atoms with Crippen LogP contribution in [0.2, 0.25) is 0 Å². The van der Waals surface area contributed by atoms with Gasteiger partial charge in [0.15, 0.2) is 0 Å². The molecule has 124 valence electrons. The largest absolute Gasteiger partial charge is 0.481 e. The topological polar surface area (TPSA) is 69.6 Å². The Hall–Kier alpha value is -1.26. The molecule has 3 rings (SSSR count). The van der Waals surface area contributed by atoms with Crippen LogP contribution >= 0.6 is 0 Å². The van der Waals surface area contributed by atoms with Crippen LogP contribution in [-0.2, 0) is 4.79 Å². The van der Waals surface area contributed by atoms with E-state index in [-0.39, 0.29) is 23.4 Å². The van der Waals surface area contributed by atoms with Gasteiger partial charge in [0.1, 0.15) is 0 Å². The molecule has 5 heteroatoms. The molecule has 5 nitrogen and oxygen atoms in total. The fraction of sp³-hybridized carbons (Fsp3) is 0.882. The van der Waals surface area contributed by atoms with Gasteiger partial charge in [0.2, 0.25) is 0 Å². The van der Waals surface area contributed by atoms with Crippen molar-refractivity contribution in [2.75, 3.05) is 6.54 Å². The standard InChI is InChI=1S/C17H28N2O3/c1-17(2)10-19(14-5-3-4-13(14)17)16(22)18-12-8-6-11(7-9-12)15(20)21/h11-14H,3-10H2,1-2H3,(H,18,22)(H,20,21). The molecule has 22 heavy (non-hydrogen) atoms. The number of rotatable bonds is 2. The molecule has 1 aliphatic heterocycles. The molecule has 3 fully saturated rings. The summed E-state index contributed by atoms with van der Waals surface area (Å²) in [6.45, 7) is 5.40. The Morgan fingerprint density at radius 3 is 2.41 bits per heavy atom. The van der Waals surface area contributed by atoms with E-state index in [2.05, 4.69) is 24.1 Å². The Kier molecular flexibility index (Phi) is 4.08. The zero-order valence-electron chi connectivity index (χ0n) is 13.7. The van der Waals surface area contributed by atoms with Crippen LogP contribution in [0.1, 0.15) is 58.8 Å². The predicted molar refractivity (Wildman–Crippen MR) is 83.5 cm³/mol. The third-order valence-electron chi connectivity index (χ3n) is 6.13. The van der Waals surface area contributed by atoms with Gasteiger partial charge in [-0.3, -0.25) is 4.79 Å². The number of hydrogen-bond acceptors (Lipinski definition) is 2. The fourth-order valence-corrected chi connectivity index (χ4v) is 4.86. The van der Waals surface area contributed by atoms with Gasteiger partial charge in [-0.15, -0.1) is 0 Å². The Balaban J connectivity index is 1.56. The number of nitrogens with zero attached hydrogens (tertiary/aromatic N) is 1. The molecule has 3 aliphatic rings. The molecule has 0 spiro atoms. The van der Waals surface area contributed by atoms with Crippen molar-refractivity contribution in [3.63, 3.8) is 0 Å². The van der Waals surface area contributed by atoms with Crippen molar-refractivity contribution in [3.8, 4) is 0 Å². The molecule has 2 atom stereocenters. The second-order valence-corrected chi connectivity index (χ2v) is 8.06. The van der Waals surface area contributed by atoms with E-state index in [1.54, 1.807) is 0 Å². The first-order valence-electron chi connectivity index (χ1n) is 8.68. The van der Waals surface area contributed by atoms with Crippen molar-refractivity contribution in [2.24, 2.45) is 17.3 Å². The van der Waals surface area contributed by atoms with Gasteiger partial charge >= 0.3 is 12.0 Å². The number of hydrogen-bond donors (Lipinski definition) is 2. The van der Waals surface area contributed by atoms with Gasteiger partial charge in [0.05, 0.1) is 5.92 Å². The monoisotopic (exact) mass is 308 g/mol. The molecule has 0 aromatic carbocycles. The minimum Gasteiger partial charge on any atom is -0.481 e. The quantitative estimate of drug-likeness (QED) is 0.824. The van der Waals surface area contributed by atoms with E-state index in [0.29, 0.717) is 24.8 Å². The Morgan fingerprint density at radius 1 is 1.09 bits per heavy atom. The third-order valence-corrected chi connectivity index (χ3v) is 6.13. The summed E-state index contributed by atoms with van der Waals surface area (Å²) >= 11 is 0. The highest BCUT2D eigenvalue weighted by Gasteiger charge is 2.50. The van der Waals surface area contributed by atoms with Crippen LogP contribution in [0.4, 0.5) is 4.79 Å². The average Bonchev–Trinajstić information content (AvgIpc) is 3.03. The molecule has 1 heterocycles. The van der Waals surface area contributed by atoms with Crippen LogP contribution in [0.25, 0.3) is 0 Å². The van der Waals surface area contributed by atoms with Crippen LogP contribution in [0.15, 0.2) is 0 Å². The second-order valence-electron chi connectivity index (χ2n) is 8.06. The number of likely N-dealkylation sites (tertiary alicyclic amines) is 1. The molecule has 0 aromatic rings. The number of aliphatic carboxylic acids is 1. The van der Waals surface area contributed by atoms with Crippen LogP contribution in [-0.4, -0.2) is 40.6 Å². The number of carboxylic acids is 1. The predicted octanol–water partition coefficient (Wildman–Crippen LogP) is 2.85. The summed E-state index contributed by atoms with van der Waals surface area (Å²) in [7, 11) is 0. The molecule has 0 bridgehead atoms. The summed E-state index contributed by atoms with van der Waals surface area (Å²) in [4.78, 5) is 25.7. The van der Waals surface area contributed by atoms with E-state index in [1.807, 2.05) is 0 Å². The van der Waals surface area contributed by atoms with Gasteiger partial charge in [-0.2, -0.15) is 0 Å². The number of amides is 2. The SMILES string of the molecule is CC1(C)CN(C(=O)NC2CCC(C(=O)O)CC2)C2CCCC21. The summed E-state index contributed by atoms with van der Waals surface area (Å²) in [5.74, 6) is -0.279. The Labute approximate surface area is 132 Å². The lowest BCUT2D eigenvalue weighted by Gasteiger charge is -2.31. The molecule has 2 unspecified atom stereocenters. The highest BCUT2D eigenvalue weighted by molar-refractivity contribution is 5.75. The highest BCUT2D eigenvalue weighted by Crippen LogP contribution is 2.48. The molecule has 2 N–H and O–H groups in total. The van der Waals surface area contributed by atoms with Gasteiger partial charge in [0.25, 0.3) is 0 Å². The van der Waals surface area contributed by atoms with Gasteiger partial charge < -0.3 is 15.3 Å². The van der Waals surface area contributed by atoms with Crippen molar-refractivity contribution < 1.29 is 14.7 Å². The molecule has 0 radical (unpaired) electrons. The number of carbonyl (C=O) groups excluding carboxylic acids is 1. The van der Waals surface area contributed by atoms with Crippen molar-refractivity contribution in [3.05, 3.63) is 0 Å². The molecule has 2 aliphatic carbocycles. The minimum absolute atomic E-state index is 0.0706. The zero-order valence-corrected chi connectivity index (χ0v) is 13.7. The number of nitrogens with one attached hydrogen (secondary N) is 1. The first-order valence-corrected chi connectivity index (χ1v) is 8.68. The third kappa shape index (κ3) is 2.82. The summed E-state index contributed by atoms with van der Waals surface area (Å²) < 4.78 is 0. The summed E-state index contributed by atoms with van der Waals surface area (Å²) in [5, 5.41) is 12.2. The smallest absolute Gasteiger partial charge is 0.317 e. The highest BCUT2D eigenvalue weighted by atomic mass is 16.4. The van der Waals surface area contributed by atoms with Crippen LogP contribution in [0, 0.1) is 17.3 Å². The summed E-state index contributed by atoms with van der Waals surface area (Å²) in [6.07, 6.45) is 6.53. The van der Waals surface area contributed by atoms with E-state index < -0.39 is 5.97 Å². The van der Waals surface area contributed by atoms with E-state index in [9.17, 15) is 9.59 Å². The van der Waals surface area contributed by atoms with Crippen LogP contribution < -0.4 is 5.32 Å². The molecule has 2 amide bonds. The number of carbonyl (C=O) groups is 2. The van der Waals surface area contributed by atoms with E-state index in [4.69, 9.17) is 5.11 Å². The van der Waals surface area contributed by atoms with Crippen molar-refractivity contribution in [1.29, 1.82) is 0 Å². The Morgan fingerprint density at radius 2 is 1.77 bits per heavy atom. The van der Waals surface area contributed by atoms with Crippen molar-refractivity contribution >= 4 is 12.0 Å². The maximum atomic E-state index is 12.7.